The highest BCUT2D eigenvalue weighted by Gasteiger charge is 2.20. The first-order valence-corrected chi connectivity index (χ1v) is 7.19. The molecule has 8 heteroatoms. The molecule has 1 rings (SSSR count). The molecule has 0 unspecified atom stereocenters. The average Bonchev–Trinajstić information content (AvgIpc) is 2.33. The summed E-state index contributed by atoms with van der Waals surface area (Å²) >= 11 is 0. The smallest absolute Gasteiger partial charge is 0.243 e. The topological polar surface area (TPSA) is 75.4 Å². The van der Waals surface area contributed by atoms with Crippen LogP contribution < -0.4 is 10.5 Å². The molecule has 1 aromatic carbocycles. The molecule has 0 radical (unpaired) electrons. The number of anilines is 1. The van der Waals surface area contributed by atoms with Gasteiger partial charge in [0.25, 0.3) is 0 Å². The lowest BCUT2D eigenvalue weighted by molar-refractivity contribution is 0.357. The number of rotatable bonds is 6. The second kappa shape index (κ2) is 6.27. The molecule has 0 heterocycles. The van der Waals surface area contributed by atoms with Crippen LogP contribution in [0.2, 0.25) is 0 Å². The van der Waals surface area contributed by atoms with Gasteiger partial charge in [0.15, 0.2) is 0 Å². The highest BCUT2D eigenvalue weighted by molar-refractivity contribution is 7.89. The van der Waals surface area contributed by atoms with Gasteiger partial charge in [-0.25, -0.2) is 21.9 Å². The summed E-state index contributed by atoms with van der Waals surface area (Å²) in [5.41, 5.74) is 4.83. The number of hydrogen-bond donors (Lipinski definition) is 2. The van der Waals surface area contributed by atoms with Crippen molar-refractivity contribution < 1.29 is 17.2 Å². The zero-order chi connectivity index (χ0) is 14.6. The summed E-state index contributed by atoms with van der Waals surface area (Å²) in [5.74, 6) is -2.15. The van der Waals surface area contributed by atoms with Crippen LogP contribution in [0.5, 0.6) is 0 Å². The SMILES string of the molecule is CCN(C)CCNS(=O)(=O)c1cc(N)c(F)cc1F. The van der Waals surface area contributed by atoms with E-state index >= 15 is 0 Å². The number of sulfonamides is 1. The summed E-state index contributed by atoms with van der Waals surface area (Å²) < 4.78 is 52.3. The zero-order valence-electron chi connectivity index (χ0n) is 10.8. The van der Waals surface area contributed by atoms with E-state index in [0.29, 0.717) is 12.6 Å². The fourth-order valence-corrected chi connectivity index (χ4v) is 2.47. The van der Waals surface area contributed by atoms with Crippen LogP contribution in [0.4, 0.5) is 14.5 Å². The fourth-order valence-electron chi connectivity index (χ4n) is 1.36. The molecule has 1 aromatic rings. The number of hydrogen-bond acceptors (Lipinski definition) is 4. The van der Waals surface area contributed by atoms with Gasteiger partial charge in [0.1, 0.15) is 16.5 Å². The maximum absolute atomic E-state index is 13.5. The van der Waals surface area contributed by atoms with Gasteiger partial charge in [0, 0.05) is 19.2 Å². The normalized spacial score (nSPS) is 12.1. The van der Waals surface area contributed by atoms with Crippen molar-refractivity contribution in [2.75, 3.05) is 32.4 Å². The molecule has 0 fully saturated rings. The predicted octanol–water partition coefficient (Wildman–Crippen LogP) is 0.777. The van der Waals surface area contributed by atoms with E-state index in [-0.39, 0.29) is 6.54 Å². The Bertz CT molecular complexity index is 549. The molecule has 108 valence electrons. The molecule has 3 N–H and O–H groups in total. The molecule has 0 aliphatic rings. The molecule has 0 saturated carbocycles. The van der Waals surface area contributed by atoms with Gasteiger partial charge < -0.3 is 10.6 Å². The number of nitrogens with one attached hydrogen (secondary N) is 1. The van der Waals surface area contributed by atoms with Crippen molar-refractivity contribution in [3.05, 3.63) is 23.8 Å². The number of likely N-dealkylation sites (N-methyl/N-ethyl adjacent to an activating group) is 1. The lowest BCUT2D eigenvalue weighted by Crippen LogP contribution is -2.33. The Hall–Kier alpha value is -1.25. The summed E-state index contributed by atoms with van der Waals surface area (Å²) in [5, 5.41) is 0. The predicted molar refractivity (Wildman–Crippen MR) is 69.1 cm³/mol. The molecule has 0 saturated heterocycles. The minimum Gasteiger partial charge on any atom is -0.396 e. The molecule has 5 nitrogen and oxygen atoms in total. The minimum atomic E-state index is -4.03. The molecule has 0 aromatic heterocycles. The van der Waals surface area contributed by atoms with E-state index < -0.39 is 32.2 Å². The van der Waals surface area contributed by atoms with E-state index in [1.165, 1.54) is 0 Å². The van der Waals surface area contributed by atoms with E-state index in [2.05, 4.69) is 4.72 Å². The summed E-state index contributed by atoms with van der Waals surface area (Å²) in [6, 6.07) is 1.23. The van der Waals surface area contributed by atoms with Gasteiger partial charge in [0.05, 0.1) is 5.69 Å². The van der Waals surface area contributed by atoms with E-state index in [0.717, 1.165) is 12.6 Å². The van der Waals surface area contributed by atoms with Crippen molar-refractivity contribution in [2.45, 2.75) is 11.8 Å². The van der Waals surface area contributed by atoms with Crippen LogP contribution in [0, 0.1) is 11.6 Å². The van der Waals surface area contributed by atoms with E-state index in [1.807, 2.05) is 18.9 Å². The molecule has 0 spiro atoms. The third-order valence-corrected chi connectivity index (χ3v) is 4.14. The molecule has 0 aliphatic carbocycles. The quantitative estimate of drug-likeness (QED) is 0.760. The van der Waals surface area contributed by atoms with Crippen molar-refractivity contribution in [1.82, 2.24) is 9.62 Å². The Kier molecular flexibility index (Phi) is 5.21. The lowest BCUT2D eigenvalue weighted by atomic mass is 10.3. The first-order chi connectivity index (χ1) is 8.77. The first kappa shape index (κ1) is 15.8. The summed E-state index contributed by atoms with van der Waals surface area (Å²) in [6.45, 7) is 3.30. The Morgan fingerprint density at radius 3 is 2.53 bits per heavy atom. The number of benzene rings is 1. The van der Waals surface area contributed by atoms with Crippen molar-refractivity contribution in [2.24, 2.45) is 0 Å². The van der Waals surface area contributed by atoms with Gasteiger partial charge in [-0.3, -0.25) is 0 Å². The van der Waals surface area contributed by atoms with Crippen LogP contribution in [0.1, 0.15) is 6.92 Å². The molecule has 0 aliphatic heterocycles. The van der Waals surface area contributed by atoms with Crippen molar-refractivity contribution in [3.8, 4) is 0 Å². The maximum Gasteiger partial charge on any atom is 0.243 e. The van der Waals surface area contributed by atoms with Gasteiger partial charge in [-0.1, -0.05) is 6.92 Å². The largest absolute Gasteiger partial charge is 0.396 e. The van der Waals surface area contributed by atoms with Crippen LogP contribution in [0.15, 0.2) is 17.0 Å². The fraction of sp³-hybridized carbons (Fsp3) is 0.455. The summed E-state index contributed by atoms with van der Waals surface area (Å²) in [6.07, 6.45) is 0. The van der Waals surface area contributed by atoms with E-state index in [1.54, 1.807) is 0 Å². The van der Waals surface area contributed by atoms with Gasteiger partial charge in [-0.2, -0.15) is 0 Å². The standard InChI is InChI=1S/C11H17F2N3O2S/c1-3-16(2)5-4-15-19(17,18)11-7-10(14)8(12)6-9(11)13/h6-7,15H,3-5,14H2,1-2H3. The van der Waals surface area contributed by atoms with E-state index in [9.17, 15) is 17.2 Å². The van der Waals surface area contributed by atoms with Crippen LogP contribution >= 0.6 is 0 Å². The van der Waals surface area contributed by atoms with Gasteiger partial charge in [0.2, 0.25) is 10.0 Å². The second-order valence-corrected chi connectivity index (χ2v) is 5.83. The van der Waals surface area contributed by atoms with Gasteiger partial charge in [-0.05, 0) is 19.7 Å². The molecule has 0 amide bonds. The number of nitrogens with two attached hydrogens (primary N) is 1. The monoisotopic (exact) mass is 293 g/mol. The van der Waals surface area contributed by atoms with Crippen molar-refractivity contribution in [3.63, 3.8) is 0 Å². The third kappa shape index (κ3) is 4.12. The molecule has 0 bridgehead atoms. The highest BCUT2D eigenvalue weighted by Crippen LogP contribution is 2.20. The van der Waals surface area contributed by atoms with Gasteiger partial charge >= 0.3 is 0 Å². The van der Waals surface area contributed by atoms with Crippen molar-refractivity contribution in [1.29, 1.82) is 0 Å². The minimum absolute atomic E-state index is 0.128. The Balaban J connectivity index is 2.86. The first-order valence-electron chi connectivity index (χ1n) is 5.70. The maximum atomic E-state index is 13.5. The molecule has 0 atom stereocenters. The van der Waals surface area contributed by atoms with Crippen LogP contribution in [-0.4, -0.2) is 40.0 Å². The zero-order valence-corrected chi connectivity index (χ0v) is 11.6. The van der Waals surface area contributed by atoms with Crippen LogP contribution in [-0.2, 0) is 10.0 Å². The Morgan fingerprint density at radius 1 is 1.32 bits per heavy atom. The van der Waals surface area contributed by atoms with Gasteiger partial charge in [-0.15, -0.1) is 0 Å². The number of nitrogen functional groups attached to an aromatic ring is 1. The van der Waals surface area contributed by atoms with Crippen molar-refractivity contribution >= 4 is 15.7 Å². The third-order valence-electron chi connectivity index (χ3n) is 2.67. The summed E-state index contributed by atoms with van der Waals surface area (Å²) in [7, 11) is -2.21. The number of nitrogens with zero attached hydrogens (tertiary/aromatic N) is 1. The Labute approximate surface area is 111 Å². The highest BCUT2D eigenvalue weighted by atomic mass is 32.2. The Morgan fingerprint density at radius 2 is 1.95 bits per heavy atom. The average molecular weight is 293 g/mol. The molecular formula is C11H17F2N3O2S. The lowest BCUT2D eigenvalue weighted by Gasteiger charge is -2.14. The summed E-state index contributed by atoms with van der Waals surface area (Å²) in [4.78, 5) is 1.24. The number of halogens is 2. The van der Waals surface area contributed by atoms with E-state index in [4.69, 9.17) is 5.73 Å². The molecule has 19 heavy (non-hydrogen) atoms. The van der Waals surface area contributed by atoms with Crippen LogP contribution in [0.3, 0.4) is 0 Å². The van der Waals surface area contributed by atoms with Crippen LogP contribution in [0.25, 0.3) is 0 Å². The second-order valence-electron chi connectivity index (χ2n) is 4.10. The molecular weight excluding hydrogens is 276 g/mol.